The molecular weight excluding hydrogens is 343 g/mol. The van der Waals surface area contributed by atoms with Crippen molar-refractivity contribution in [3.8, 4) is 16.8 Å². The van der Waals surface area contributed by atoms with E-state index in [1.165, 1.54) is 12.1 Å². The van der Waals surface area contributed by atoms with Crippen LogP contribution in [0.1, 0.15) is 0 Å². The Morgan fingerprint density at radius 1 is 1.15 bits per heavy atom. The Kier molecular flexibility index (Phi) is 3.59. The maximum atomic E-state index is 13.5. The normalized spacial score (nSPS) is 10.8. The van der Waals surface area contributed by atoms with Crippen molar-refractivity contribution in [3.63, 3.8) is 0 Å². The van der Waals surface area contributed by atoms with Gasteiger partial charge in [-0.3, -0.25) is 0 Å². The molecule has 0 saturated heterocycles. The van der Waals surface area contributed by atoms with Gasteiger partial charge in [0.05, 0.1) is 16.9 Å². The van der Waals surface area contributed by atoms with E-state index in [0.29, 0.717) is 5.69 Å². The van der Waals surface area contributed by atoms with Gasteiger partial charge in [-0.05, 0) is 23.8 Å². The Hall–Kier alpha value is -1.65. The molecule has 0 fully saturated rings. The summed E-state index contributed by atoms with van der Waals surface area (Å²) in [5.41, 5.74) is 2.62. The van der Waals surface area contributed by atoms with E-state index in [2.05, 4.69) is 21.0 Å². The van der Waals surface area contributed by atoms with Crippen molar-refractivity contribution in [2.24, 2.45) is 0 Å². The van der Waals surface area contributed by atoms with Crippen LogP contribution in [0, 0.1) is 5.82 Å². The average molecular weight is 352 g/mol. The van der Waals surface area contributed by atoms with Gasteiger partial charge in [0.2, 0.25) is 0 Å². The smallest absolute Gasteiger partial charge is 0.143 e. The first-order valence-electron chi connectivity index (χ1n) is 5.90. The van der Waals surface area contributed by atoms with Crippen molar-refractivity contribution in [1.82, 2.24) is 9.78 Å². The summed E-state index contributed by atoms with van der Waals surface area (Å²) in [5, 5.41) is 4.36. The number of rotatable bonds is 2. The van der Waals surface area contributed by atoms with Crippen molar-refractivity contribution >= 4 is 27.5 Å². The Morgan fingerprint density at radius 3 is 2.70 bits per heavy atom. The third-order valence-electron chi connectivity index (χ3n) is 2.94. The molecule has 0 bridgehead atoms. The first-order valence-corrected chi connectivity index (χ1v) is 7.07. The predicted molar refractivity (Wildman–Crippen MR) is 81.7 cm³/mol. The molecule has 0 N–H and O–H groups in total. The highest BCUT2D eigenvalue weighted by Crippen LogP contribution is 2.28. The number of aromatic nitrogens is 2. The molecule has 1 aromatic heterocycles. The summed E-state index contributed by atoms with van der Waals surface area (Å²) in [5.74, 6) is -0.456. The molecule has 0 saturated carbocycles. The summed E-state index contributed by atoms with van der Waals surface area (Å²) in [7, 11) is 0. The zero-order valence-electron chi connectivity index (χ0n) is 10.2. The van der Waals surface area contributed by atoms with Crippen LogP contribution < -0.4 is 0 Å². The lowest BCUT2D eigenvalue weighted by Gasteiger charge is -2.02. The summed E-state index contributed by atoms with van der Waals surface area (Å²) < 4.78 is 16.1. The highest BCUT2D eigenvalue weighted by Gasteiger charge is 2.08. The molecule has 0 aliphatic carbocycles. The molecule has 0 aliphatic rings. The Morgan fingerprint density at radius 2 is 1.95 bits per heavy atom. The molecule has 2 aromatic carbocycles. The van der Waals surface area contributed by atoms with Crippen LogP contribution in [0.3, 0.4) is 0 Å². The van der Waals surface area contributed by atoms with Crippen molar-refractivity contribution in [3.05, 3.63) is 70.2 Å². The number of hydrogen-bond acceptors (Lipinski definition) is 1. The third kappa shape index (κ3) is 2.49. The molecule has 5 heteroatoms. The summed E-state index contributed by atoms with van der Waals surface area (Å²) >= 11 is 9.18. The second-order valence-electron chi connectivity index (χ2n) is 4.25. The Bertz CT molecular complexity index is 770. The summed E-state index contributed by atoms with van der Waals surface area (Å²) in [6.45, 7) is 0. The van der Waals surface area contributed by atoms with Gasteiger partial charge in [-0.15, -0.1) is 0 Å². The molecule has 0 aliphatic heterocycles. The molecule has 0 radical (unpaired) electrons. The number of nitrogens with zero attached hydrogens (tertiary/aromatic N) is 2. The lowest BCUT2D eigenvalue weighted by atomic mass is 10.1. The van der Waals surface area contributed by atoms with Crippen LogP contribution >= 0.6 is 27.5 Å². The van der Waals surface area contributed by atoms with E-state index in [9.17, 15) is 4.39 Å². The lowest BCUT2D eigenvalue weighted by molar-refractivity contribution is 0.626. The first-order chi connectivity index (χ1) is 9.65. The van der Waals surface area contributed by atoms with Crippen LogP contribution in [0.2, 0.25) is 5.02 Å². The Balaban J connectivity index is 2.02. The van der Waals surface area contributed by atoms with Crippen LogP contribution in [0.5, 0.6) is 0 Å². The van der Waals surface area contributed by atoms with Crippen LogP contribution in [-0.2, 0) is 0 Å². The van der Waals surface area contributed by atoms with Gasteiger partial charge >= 0.3 is 0 Å². The van der Waals surface area contributed by atoms with Crippen LogP contribution in [0.4, 0.5) is 4.39 Å². The maximum Gasteiger partial charge on any atom is 0.143 e. The van der Waals surface area contributed by atoms with E-state index in [1.807, 2.05) is 30.5 Å². The molecule has 20 heavy (non-hydrogen) atoms. The van der Waals surface area contributed by atoms with E-state index in [1.54, 1.807) is 16.9 Å². The van der Waals surface area contributed by atoms with Crippen molar-refractivity contribution in [2.45, 2.75) is 0 Å². The van der Waals surface area contributed by atoms with Crippen LogP contribution in [0.25, 0.3) is 16.8 Å². The van der Waals surface area contributed by atoms with Gasteiger partial charge in [-0.1, -0.05) is 45.7 Å². The SMILES string of the molecule is Fc1cc(-n2cc(-c3ccccc3Br)cn2)ccc1Cl. The highest BCUT2D eigenvalue weighted by atomic mass is 79.9. The van der Waals surface area contributed by atoms with E-state index in [0.717, 1.165) is 15.6 Å². The maximum absolute atomic E-state index is 13.5. The second kappa shape index (κ2) is 5.38. The number of hydrogen-bond donors (Lipinski definition) is 0. The Labute approximate surface area is 128 Å². The number of halogens is 3. The quantitative estimate of drug-likeness (QED) is 0.628. The van der Waals surface area contributed by atoms with Crippen molar-refractivity contribution in [2.75, 3.05) is 0 Å². The van der Waals surface area contributed by atoms with Crippen molar-refractivity contribution < 1.29 is 4.39 Å². The van der Waals surface area contributed by atoms with E-state index >= 15 is 0 Å². The fourth-order valence-corrected chi connectivity index (χ4v) is 2.56. The van der Waals surface area contributed by atoms with Gasteiger partial charge in [0.25, 0.3) is 0 Å². The molecule has 0 spiro atoms. The van der Waals surface area contributed by atoms with Crippen molar-refractivity contribution in [1.29, 1.82) is 0 Å². The molecule has 100 valence electrons. The lowest BCUT2D eigenvalue weighted by Crippen LogP contribution is -1.94. The van der Waals surface area contributed by atoms with Crippen LogP contribution in [0.15, 0.2) is 59.3 Å². The molecule has 3 rings (SSSR count). The topological polar surface area (TPSA) is 17.8 Å². The molecule has 1 heterocycles. The van der Waals surface area contributed by atoms with Crippen LogP contribution in [-0.4, -0.2) is 9.78 Å². The summed E-state index contributed by atoms with van der Waals surface area (Å²) in [6, 6.07) is 12.5. The zero-order chi connectivity index (χ0) is 14.1. The molecule has 0 unspecified atom stereocenters. The predicted octanol–water partition coefficient (Wildman–Crippen LogP) is 5.09. The van der Waals surface area contributed by atoms with Gasteiger partial charge in [0.1, 0.15) is 5.82 Å². The third-order valence-corrected chi connectivity index (χ3v) is 3.93. The molecule has 3 aromatic rings. The van der Waals surface area contributed by atoms with E-state index in [4.69, 9.17) is 11.6 Å². The first kappa shape index (κ1) is 13.3. The molecule has 0 atom stereocenters. The fraction of sp³-hybridized carbons (Fsp3) is 0. The summed E-state index contributed by atoms with van der Waals surface area (Å²) in [6.07, 6.45) is 3.59. The minimum Gasteiger partial charge on any atom is -0.240 e. The van der Waals surface area contributed by atoms with E-state index < -0.39 is 5.82 Å². The minimum absolute atomic E-state index is 0.104. The van der Waals surface area contributed by atoms with Gasteiger partial charge in [0.15, 0.2) is 0 Å². The monoisotopic (exact) mass is 350 g/mol. The standard InChI is InChI=1S/C15H9BrClFN2/c16-13-4-2-1-3-12(13)10-8-19-20(9-10)11-5-6-14(17)15(18)7-11/h1-9H. The minimum atomic E-state index is -0.456. The number of benzene rings is 2. The molecule has 2 nitrogen and oxygen atoms in total. The van der Waals surface area contributed by atoms with Gasteiger partial charge in [0, 0.05) is 22.3 Å². The summed E-state index contributed by atoms with van der Waals surface area (Å²) in [4.78, 5) is 0. The highest BCUT2D eigenvalue weighted by molar-refractivity contribution is 9.10. The van der Waals surface area contributed by atoms with Gasteiger partial charge < -0.3 is 0 Å². The van der Waals surface area contributed by atoms with E-state index in [-0.39, 0.29) is 5.02 Å². The average Bonchev–Trinajstić information content (AvgIpc) is 2.92. The fourth-order valence-electron chi connectivity index (χ4n) is 1.93. The van der Waals surface area contributed by atoms with Gasteiger partial charge in [-0.25, -0.2) is 9.07 Å². The largest absolute Gasteiger partial charge is 0.240 e. The molecular formula is C15H9BrClFN2. The van der Waals surface area contributed by atoms with Gasteiger partial charge in [-0.2, -0.15) is 5.10 Å². The second-order valence-corrected chi connectivity index (χ2v) is 5.51. The zero-order valence-corrected chi connectivity index (χ0v) is 12.6. The molecule has 0 amide bonds.